The molecule has 1 aromatic heterocycles. The SMILES string of the molecule is CCc1ccc(C(C)NC(CO)c2ccc(Cl)cc2)o1. The molecule has 0 amide bonds. The minimum Gasteiger partial charge on any atom is -0.464 e. The Balaban J connectivity index is 2.07. The quantitative estimate of drug-likeness (QED) is 0.849. The minimum atomic E-state index is -0.141. The second kappa shape index (κ2) is 6.93. The standard InChI is InChI=1S/C16H20ClNO2/c1-3-14-8-9-16(20-14)11(2)18-15(10-19)12-4-6-13(17)7-5-12/h4-9,11,15,18-19H,3,10H2,1-2H3. The summed E-state index contributed by atoms with van der Waals surface area (Å²) in [7, 11) is 0. The predicted octanol–water partition coefficient (Wildman–Crippen LogP) is 3.88. The fraction of sp³-hybridized carbons (Fsp3) is 0.375. The van der Waals surface area contributed by atoms with E-state index in [1.165, 1.54) is 0 Å². The van der Waals surface area contributed by atoms with Crippen molar-refractivity contribution in [2.75, 3.05) is 6.61 Å². The molecule has 2 atom stereocenters. The van der Waals surface area contributed by atoms with Crippen LogP contribution in [-0.2, 0) is 6.42 Å². The lowest BCUT2D eigenvalue weighted by Crippen LogP contribution is -2.27. The molecule has 2 aromatic rings. The van der Waals surface area contributed by atoms with Gasteiger partial charge in [-0.1, -0.05) is 30.7 Å². The smallest absolute Gasteiger partial charge is 0.120 e. The van der Waals surface area contributed by atoms with Gasteiger partial charge in [-0.2, -0.15) is 0 Å². The minimum absolute atomic E-state index is 0.0211. The number of benzene rings is 1. The lowest BCUT2D eigenvalue weighted by molar-refractivity contribution is 0.230. The summed E-state index contributed by atoms with van der Waals surface area (Å²) in [6, 6.07) is 11.4. The molecule has 0 spiro atoms. The van der Waals surface area contributed by atoms with E-state index in [0.29, 0.717) is 5.02 Å². The number of nitrogens with one attached hydrogen (secondary N) is 1. The van der Waals surface area contributed by atoms with E-state index in [9.17, 15) is 5.11 Å². The van der Waals surface area contributed by atoms with Crippen LogP contribution in [0.4, 0.5) is 0 Å². The van der Waals surface area contributed by atoms with Gasteiger partial charge in [0.2, 0.25) is 0 Å². The van der Waals surface area contributed by atoms with Gasteiger partial charge in [-0.25, -0.2) is 0 Å². The Morgan fingerprint density at radius 1 is 1.20 bits per heavy atom. The molecule has 0 aliphatic rings. The molecular formula is C16H20ClNO2. The van der Waals surface area contributed by atoms with Crippen LogP contribution in [0.15, 0.2) is 40.8 Å². The van der Waals surface area contributed by atoms with E-state index in [1.807, 2.05) is 43.3 Å². The highest BCUT2D eigenvalue weighted by Crippen LogP contribution is 2.22. The maximum absolute atomic E-state index is 9.57. The Morgan fingerprint density at radius 3 is 2.45 bits per heavy atom. The van der Waals surface area contributed by atoms with Gasteiger partial charge in [0.05, 0.1) is 18.7 Å². The molecule has 3 nitrogen and oxygen atoms in total. The van der Waals surface area contributed by atoms with E-state index < -0.39 is 0 Å². The first-order valence-corrected chi connectivity index (χ1v) is 7.22. The van der Waals surface area contributed by atoms with Crippen LogP contribution in [0.3, 0.4) is 0 Å². The largest absolute Gasteiger partial charge is 0.464 e. The first-order chi connectivity index (χ1) is 9.63. The number of furan rings is 1. The van der Waals surface area contributed by atoms with Crippen molar-refractivity contribution in [2.24, 2.45) is 0 Å². The molecule has 108 valence electrons. The highest BCUT2D eigenvalue weighted by molar-refractivity contribution is 6.30. The van der Waals surface area contributed by atoms with Gasteiger partial charge in [0, 0.05) is 11.4 Å². The fourth-order valence-electron chi connectivity index (χ4n) is 2.15. The van der Waals surface area contributed by atoms with E-state index in [-0.39, 0.29) is 18.7 Å². The van der Waals surface area contributed by atoms with Crippen molar-refractivity contribution in [2.45, 2.75) is 32.4 Å². The maximum atomic E-state index is 9.57. The van der Waals surface area contributed by atoms with Crippen molar-refractivity contribution < 1.29 is 9.52 Å². The molecule has 0 bridgehead atoms. The van der Waals surface area contributed by atoms with Crippen molar-refractivity contribution in [3.63, 3.8) is 0 Å². The van der Waals surface area contributed by atoms with Crippen LogP contribution in [0.5, 0.6) is 0 Å². The molecular weight excluding hydrogens is 274 g/mol. The molecule has 0 aliphatic carbocycles. The maximum Gasteiger partial charge on any atom is 0.120 e. The van der Waals surface area contributed by atoms with E-state index in [2.05, 4.69) is 12.2 Å². The number of hydrogen-bond donors (Lipinski definition) is 2. The van der Waals surface area contributed by atoms with Gasteiger partial charge < -0.3 is 9.52 Å². The summed E-state index contributed by atoms with van der Waals surface area (Å²) in [6.45, 7) is 4.11. The normalized spacial score (nSPS) is 14.2. The average Bonchev–Trinajstić information content (AvgIpc) is 2.94. The Morgan fingerprint density at radius 2 is 1.90 bits per heavy atom. The molecule has 0 saturated heterocycles. The molecule has 0 fully saturated rings. The molecule has 2 unspecified atom stereocenters. The zero-order valence-corrected chi connectivity index (χ0v) is 12.5. The van der Waals surface area contributed by atoms with Crippen molar-refractivity contribution in [3.05, 3.63) is 58.5 Å². The van der Waals surface area contributed by atoms with Gasteiger partial charge in [-0.3, -0.25) is 5.32 Å². The molecule has 1 aromatic carbocycles. The lowest BCUT2D eigenvalue weighted by Gasteiger charge is -2.21. The highest BCUT2D eigenvalue weighted by atomic mass is 35.5. The summed E-state index contributed by atoms with van der Waals surface area (Å²) in [5.41, 5.74) is 1.01. The summed E-state index contributed by atoms with van der Waals surface area (Å²) in [6.07, 6.45) is 0.882. The predicted molar refractivity (Wildman–Crippen MR) is 80.9 cm³/mol. The third-order valence-electron chi connectivity index (χ3n) is 3.36. The topological polar surface area (TPSA) is 45.4 Å². The van der Waals surface area contributed by atoms with Gasteiger partial charge in [-0.05, 0) is 36.8 Å². The second-order valence-corrected chi connectivity index (χ2v) is 5.27. The van der Waals surface area contributed by atoms with Gasteiger partial charge >= 0.3 is 0 Å². The average molecular weight is 294 g/mol. The molecule has 2 N–H and O–H groups in total. The van der Waals surface area contributed by atoms with E-state index in [0.717, 1.165) is 23.5 Å². The molecule has 0 saturated carbocycles. The summed E-state index contributed by atoms with van der Waals surface area (Å²) in [4.78, 5) is 0. The van der Waals surface area contributed by atoms with Crippen molar-refractivity contribution >= 4 is 11.6 Å². The fourth-order valence-corrected chi connectivity index (χ4v) is 2.28. The van der Waals surface area contributed by atoms with E-state index >= 15 is 0 Å². The monoisotopic (exact) mass is 293 g/mol. The van der Waals surface area contributed by atoms with Crippen molar-refractivity contribution in [1.82, 2.24) is 5.32 Å². The number of aryl methyl sites for hydroxylation is 1. The molecule has 2 rings (SSSR count). The number of rotatable bonds is 6. The number of aliphatic hydroxyl groups is 1. The van der Waals surface area contributed by atoms with E-state index in [4.69, 9.17) is 16.0 Å². The number of halogens is 1. The molecule has 20 heavy (non-hydrogen) atoms. The van der Waals surface area contributed by atoms with Crippen LogP contribution < -0.4 is 5.32 Å². The Kier molecular flexibility index (Phi) is 5.24. The van der Waals surface area contributed by atoms with Crippen LogP contribution in [-0.4, -0.2) is 11.7 Å². The summed E-state index contributed by atoms with van der Waals surface area (Å²) in [5.74, 6) is 1.86. The molecule has 0 aliphatic heterocycles. The van der Waals surface area contributed by atoms with Crippen molar-refractivity contribution in [3.8, 4) is 0 Å². The van der Waals surface area contributed by atoms with Crippen LogP contribution >= 0.6 is 11.6 Å². The highest BCUT2D eigenvalue weighted by Gasteiger charge is 2.16. The van der Waals surface area contributed by atoms with Gasteiger partial charge in [0.1, 0.15) is 11.5 Å². The summed E-state index contributed by atoms with van der Waals surface area (Å²) < 4.78 is 5.73. The molecule has 0 radical (unpaired) electrons. The summed E-state index contributed by atoms with van der Waals surface area (Å²) in [5, 5.41) is 13.6. The second-order valence-electron chi connectivity index (χ2n) is 4.83. The van der Waals surface area contributed by atoms with Crippen LogP contribution in [0.25, 0.3) is 0 Å². The van der Waals surface area contributed by atoms with Crippen LogP contribution in [0.2, 0.25) is 5.02 Å². The Bertz CT molecular complexity index is 536. The van der Waals surface area contributed by atoms with Crippen LogP contribution in [0, 0.1) is 0 Å². The third-order valence-corrected chi connectivity index (χ3v) is 3.62. The first-order valence-electron chi connectivity index (χ1n) is 6.85. The van der Waals surface area contributed by atoms with Gasteiger partial charge in [0.25, 0.3) is 0 Å². The Labute approximate surface area is 124 Å². The third kappa shape index (κ3) is 3.63. The Hall–Kier alpha value is -1.29. The molecule has 1 heterocycles. The zero-order valence-electron chi connectivity index (χ0n) is 11.8. The first kappa shape index (κ1) is 15.1. The molecule has 4 heteroatoms. The lowest BCUT2D eigenvalue weighted by atomic mass is 10.1. The summed E-state index contributed by atoms with van der Waals surface area (Å²) >= 11 is 5.88. The van der Waals surface area contributed by atoms with Crippen LogP contribution in [0.1, 0.15) is 43.0 Å². The van der Waals surface area contributed by atoms with Gasteiger partial charge in [0.15, 0.2) is 0 Å². The van der Waals surface area contributed by atoms with Crippen molar-refractivity contribution in [1.29, 1.82) is 0 Å². The van der Waals surface area contributed by atoms with E-state index in [1.54, 1.807) is 0 Å². The number of hydrogen-bond acceptors (Lipinski definition) is 3. The number of aliphatic hydroxyl groups excluding tert-OH is 1. The zero-order chi connectivity index (χ0) is 14.5. The van der Waals surface area contributed by atoms with Gasteiger partial charge in [-0.15, -0.1) is 0 Å².